The summed E-state index contributed by atoms with van der Waals surface area (Å²) in [5, 5.41) is 18.4. The molecule has 36 heavy (non-hydrogen) atoms. The third-order valence-electron chi connectivity index (χ3n) is 6.89. The van der Waals surface area contributed by atoms with E-state index < -0.39 is 11.9 Å². The zero-order valence-electron chi connectivity index (χ0n) is 21.5. The number of carbonyl (C=O) groups excluding carboxylic acids is 1. The third-order valence-corrected chi connectivity index (χ3v) is 6.89. The second-order valence-corrected chi connectivity index (χ2v) is 9.77. The molecule has 0 amide bonds. The summed E-state index contributed by atoms with van der Waals surface area (Å²) in [6.45, 7) is 9.39. The molecule has 1 aliphatic rings. The molecule has 8 nitrogen and oxygen atoms in total. The lowest BCUT2D eigenvalue weighted by Crippen LogP contribution is -2.40. The SMILES string of the molecule is Cc1ccc(-c2ccc(CC(=O)CN3CCN(CC(=O)O)CCN(CC(=O)O)CC3)c(C)c2)cc1C. The second-order valence-electron chi connectivity index (χ2n) is 9.77. The van der Waals surface area contributed by atoms with Gasteiger partial charge in [0.05, 0.1) is 19.6 Å². The zero-order chi connectivity index (χ0) is 26.2. The molecule has 1 aliphatic heterocycles. The Morgan fingerprint density at radius 3 is 1.53 bits per heavy atom. The minimum Gasteiger partial charge on any atom is -0.480 e. The van der Waals surface area contributed by atoms with Crippen molar-refractivity contribution < 1.29 is 24.6 Å². The molecule has 0 atom stereocenters. The smallest absolute Gasteiger partial charge is 0.317 e. The van der Waals surface area contributed by atoms with Gasteiger partial charge in [-0.15, -0.1) is 0 Å². The van der Waals surface area contributed by atoms with Gasteiger partial charge in [0, 0.05) is 45.7 Å². The van der Waals surface area contributed by atoms with Crippen molar-refractivity contribution in [3.63, 3.8) is 0 Å². The van der Waals surface area contributed by atoms with Crippen LogP contribution in [0.25, 0.3) is 11.1 Å². The standard InChI is InChI=1S/C28H37N3O5/c1-20-4-5-24(14-21(20)2)25-7-6-23(22(3)15-25)16-26(32)17-29-8-10-30(18-27(33)34)12-13-31(11-9-29)19-28(35)36/h4-7,14-15H,8-13,16-19H2,1-3H3,(H,33,34)(H,35,36). The van der Waals surface area contributed by atoms with E-state index in [2.05, 4.69) is 44.2 Å². The van der Waals surface area contributed by atoms with Crippen molar-refractivity contribution >= 4 is 17.7 Å². The predicted octanol–water partition coefficient (Wildman–Crippen LogP) is 2.48. The van der Waals surface area contributed by atoms with Gasteiger partial charge in [0.2, 0.25) is 0 Å². The molecule has 1 saturated heterocycles. The van der Waals surface area contributed by atoms with Crippen LogP contribution in [-0.2, 0) is 20.8 Å². The Hall–Kier alpha value is -3.07. The van der Waals surface area contributed by atoms with Crippen molar-refractivity contribution in [2.24, 2.45) is 0 Å². The quantitative estimate of drug-likeness (QED) is 0.547. The van der Waals surface area contributed by atoms with Crippen molar-refractivity contribution in [2.75, 3.05) is 58.9 Å². The van der Waals surface area contributed by atoms with Crippen LogP contribution in [0.4, 0.5) is 0 Å². The van der Waals surface area contributed by atoms with Gasteiger partial charge < -0.3 is 10.2 Å². The molecule has 0 saturated carbocycles. The maximum absolute atomic E-state index is 13.0. The summed E-state index contributed by atoms with van der Waals surface area (Å²) in [5.41, 5.74) is 6.87. The molecule has 0 radical (unpaired) electrons. The van der Waals surface area contributed by atoms with Gasteiger partial charge in [-0.2, -0.15) is 0 Å². The number of ketones is 1. The number of hydrogen-bond acceptors (Lipinski definition) is 6. The summed E-state index contributed by atoms with van der Waals surface area (Å²) in [5.74, 6) is -1.74. The van der Waals surface area contributed by atoms with Crippen LogP contribution >= 0.6 is 0 Å². The third kappa shape index (κ3) is 8.26. The van der Waals surface area contributed by atoms with Gasteiger partial charge in [0.15, 0.2) is 5.78 Å². The number of hydrogen-bond donors (Lipinski definition) is 2. The average Bonchev–Trinajstić information content (AvgIpc) is 2.88. The van der Waals surface area contributed by atoms with E-state index in [1.54, 1.807) is 9.80 Å². The van der Waals surface area contributed by atoms with Crippen LogP contribution in [0.3, 0.4) is 0 Å². The first-order valence-corrected chi connectivity index (χ1v) is 12.4. The summed E-state index contributed by atoms with van der Waals surface area (Å²) in [6, 6.07) is 12.6. The maximum atomic E-state index is 13.0. The van der Waals surface area contributed by atoms with Crippen molar-refractivity contribution in [3.05, 3.63) is 58.7 Å². The number of Topliss-reactive ketones (excluding diaryl/α,β-unsaturated/α-hetero) is 1. The molecule has 0 aromatic heterocycles. The molecular formula is C28H37N3O5. The highest BCUT2D eigenvalue weighted by atomic mass is 16.4. The highest BCUT2D eigenvalue weighted by Crippen LogP contribution is 2.25. The van der Waals surface area contributed by atoms with Gasteiger partial charge in [-0.05, 0) is 54.2 Å². The Bertz CT molecular complexity index is 1070. The van der Waals surface area contributed by atoms with Crippen LogP contribution in [0.15, 0.2) is 36.4 Å². The Labute approximate surface area is 213 Å². The Kier molecular flexibility index (Phi) is 9.75. The molecule has 0 unspecified atom stereocenters. The number of aliphatic carboxylic acids is 2. The minimum absolute atomic E-state index is 0.0887. The fourth-order valence-corrected chi connectivity index (χ4v) is 4.55. The van der Waals surface area contributed by atoms with Crippen LogP contribution in [0.1, 0.15) is 22.3 Å². The van der Waals surface area contributed by atoms with E-state index in [1.165, 1.54) is 11.1 Å². The van der Waals surface area contributed by atoms with Gasteiger partial charge in [0.25, 0.3) is 0 Å². The first-order chi connectivity index (χ1) is 17.1. The van der Waals surface area contributed by atoms with Gasteiger partial charge in [-0.1, -0.05) is 36.4 Å². The zero-order valence-corrected chi connectivity index (χ0v) is 21.5. The number of benzene rings is 2. The molecule has 2 N–H and O–H groups in total. The topological polar surface area (TPSA) is 101 Å². The van der Waals surface area contributed by atoms with Gasteiger partial charge in [0.1, 0.15) is 0 Å². The van der Waals surface area contributed by atoms with Crippen LogP contribution in [0, 0.1) is 20.8 Å². The second kappa shape index (κ2) is 12.8. The molecule has 194 valence electrons. The molecule has 0 bridgehead atoms. The molecular weight excluding hydrogens is 458 g/mol. The van der Waals surface area contributed by atoms with E-state index in [0.29, 0.717) is 45.7 Å². The van der Waals surface area contributed by atoms with Gasteiger partial charge in [-0.3, -0.25) is 29.1 Å². The lowest BCUT2D eigenvalue weighted by Gasteiger charge is -2.24. The Morgan fingerprint density at radius 1 is 0.639 bits per heavy atom. The largest absolute Gasteiger partial charge is 0.480 e. The number of rotatable bonds is 9. The lowest BCUT2D eigenvalue weighted by molar-refractivity contribution is -0.140. The summed E-state index contributed by atoms with van der Waals surface area (Å²) in [4.78, 5) is 41.1. The maximum Gasteiger partial charge on any atom is 0.317 e. The van der Waals surface area contributed by atoms with E-state index in [4.69, 9.17) is 0 Å². The Morgan fingerprint density at radius 2 is 1.08 bits per heavy atom. The van der Waals surface area contributed by atoms with Crippen LogP contribution in [0.5, 0.6) is 0 Å². The highest BCUT2D eigenvalue weighted by Gasteiger charge is 2.21. The lowest BCUT2D eigenvalue weighted by atomic mass is 9.95. The first-order valence-electron chi connectivity index (χ1n) is 12.4. The van der Waals surface area contributed by atoms with Gasteiger partial charge >= 0.3 is 11.9 Å². The van der Waals surface area contributed by atoms with E-state index in [0.717, 1.165) is 22.3 Å². The van der Waals surface area contributed by atoms with Crippen molar-refractivity contribution in [2.45, 2.75) is 27.2 Å². The monoisotopic (exact) mass is 495 g/mol. The number of nitrogens with zero attached hydrogens (tertiary/aromatic N) is 3. The molecule has 0 aliphatic carbocycles. The number of carboxylic acids is 2. The fourth-order valence-electron chi connectivity index (χ4n) is 4.55. The van der Waals surface area contributed by atoms with E-state index in [-0.39, 0.29) is 25.4 Å². The summed E-state index contributed by atoms with van der Waals surface area (Å²) < 4.78 is 0. The van der Waals surface area contributed by atoms with Crippen molar-refractivity contribution in [3.8, 4) is 11.1 Å². The molecule has 2 aromatic carbocycles. The molecule has 3 rings (SSSR count). The Balaban J connectivity index is 1.65. The summed E-state index contributed by atoms with van der Waals surface area (Å²) >= 11 is 0. The highest BCUT2D eigenvalue weighted by molar-refractivity contribution is 5.83. The first kappa shape index (κ1) is 27.5. The van der Waals surface area contributed by atoms with Crippen LogP contribution in [0.2, 0.25) is 0 Å². The molecule has 1 heterocycles. The van der Waals surface area contributed by atoms with Gasteiger partial charge in [-0.25, -0.2) is 0 Å². The average molecular weight is 496 g/mol. The van der Waals surface area contributed by atoms with E-state index >= 15 is 0 Å². The number of aryl methyl sites for hydroxylation is 3. The normalized spacial score (nSPS) is 16.2. The molecule has 8 heteroatoms. The number of carboxylic acid groups (broad SMARTS) is 2. The summed E-state index contributed by atoms with van der Waals surface area (Å²) in [6.07, 6.45) is 0.327. The summed E-state index contributed by atoms with van der Waals surface area (Å²) in [7, 11) is 0. The van der Waals surface area contributed by atoms with Crippen molar-refractivity contribution in [1.29, 1.82) is 0 Å². The molecule has 0 spiro atoms. The van der Waals surface area contributed by atoms with Crippen molar-refractivity contribution in [1.82, 2.24) is 14.7 Å². The molecule has 2 aromatic rings. The van der Waals surface area contributed by atoms with E-state index in [9.17, 15) is 24.6 Å². The predicted molar refractivity (Wildman–Crippen MR) is 139 cm³/mol. The van der Waals surface area contributed by atoms with Crippen LogP contribution in [-0.4, -0.2) is 102 Å². The van der Waals surface area contributed by atoms with Crippen LogP contribution < -0.4 is 0 Å². The number of carbonyl (C=O) groups is 3. The molecule has 1 fully saturated rings. The van der Waals surface area contributed by atoms with E-state index in [1.807, 2.05) is 17.9 Å². The minimum atomic E-state index is -0.915. The fraction of sp³-hybridized carbons (Fsp3) is 0.464.